The number of rotatable bonds is 6. The van der Waals surface area contributed by atoms with Crippen molar-refractivity contribution in [3.8, 4) is 34.0 Å². The number of carbonyl (C=O) groups excluding carboxylic acids is 1. The average Bonchev–Trinajstić information content (AvgIpc) is 3.32. The Labute approximate surface area is 219 Å². The van der Waals surface area contributed by atoms with Crippen LogP contribution in [0.3, 0.4) is 0 Å². The number of hydrogen-bond acceptors (Lipinski definition) is 6. The van der Waals surface area contributed by atoms with Crippen LogP contribution in [0.25, 0.3) is 22.4 Å². The molecule has 0 radical (unpaired) electrons. The van der Waals surface area contributed by atoms with Crippen molar-refractivity contribution in [1.82, 2.24) is 15.0 Å². The van der Waals surface area contributed by atoms with E-state index in [1.54, 1.807) is 49.8 Å². The molecule has 5 aromatic rings. The minimum absolute atomic E-state index is 0.315. The van der Waals surface area contributed by atoms with Crippen LogP contribution in [0.5, 0.6) is 11.6 Å². The van der Waals surface area contributed by atoms with Crippen LogP contribution < -0.4 is 20.7 Å². The van der Waals surface area contributed by atoms with E-state index in [2.05, 4.69) is 61.2 Å². The fourth-order valence-electron chi connectivity index (χ4n) is 4.53. The Balaban J connectivity index is 1.11. The van der Waals surface area contributed by atoms with E-state index in [0.29, 0.717) is 29.0 Å². The molecule has 3 aromatic carbocycles. The molecular weight excluding hydrogens is 476 g/mol. The van der Waals surface area contributed by atoms with Gasteiger partial charge in [0.05, 0.1) is 11.3 Å². The monoisotopic (exact) mass is 500 g/mol. The fourth-order valence-corrected chi connectivity index (χ4v) is 4.53. The van der Waals surface area contributed by atoms with Crippen molar-refractivity contribution in [1.29, 1.82) is 0 Å². The van der Waals surface area contributed by atoms with Gasteiger partial charge in [0.1, 0.15) is 5.75 Å². The minimum atomic E-state index is -0.315. The van der Waals surface area contributed by atoms with Gasteiger partial charge in [-0.15, -0.1) is 0 Å². The van der Waals surface area contributed by atoms with E-state index in [-0.39, 0.29) is 6.03 Å². The number of hydrogen-bond donors (Lipinski definition) is 3. The maximum atomic E-state index is 12.6. The molecule has 6 rings (SSSR count). The maximum Gasteiger partial charge on any atom is 0.323 e. The number of ether oxygens (including phenoxy) is 1. The van der Waals surface area contributed by atoms with Gasteiger partial charge in [0.2, 0.25) is 11.8 Å². The van der Waals surface area contributed by atoms with Crippen molar-refractivity contribution in [3.05, 3.63) is 108 Å². The highest BCUT2D eigenvalue weighted by atomic mass is 16.5. The topological polar surface area (TPSA) is 101 Å². The molecule has 0 bridgehead atoms. The van der Waals surface area contributed by atoms with Gasteiger partial charge in [-0.05, 0) is 83.3 Å². The lowest BCUT2D eigenvalue weighted by molar-refractivity contribution is 0.262. The third-order valence-electron chi connectivity index (χ3n) is 6.30. The second-order valence-corrected chi connectivity index (χ2v) is 8.78. The number of nitrogens with one attached hydrogen (secondary N) is 3. The average molecular weight is 501 g/mol. The Hall–Kier alpha value is -5.24. The highest BCUT2D eigenvalue weighted by molar-refractivity contribution is 6.00. The van der Waals surface area contributed by atoms with Crippen LogP contribution in [0.2, 0.25) is 0 Å². The van der Waals surface area contributed by atoms with Crippen molar-refractivity contribution >= 4 is 23.4 Å². The summed E-state index contributed by atoms with van der Waals surface area (Å²) >= 11 is 0. The van der Waals surface area contributed by atoms with Gasteiger partial charge in [0, 0.05) is 30.8 Å². The van der Waals surface area contributed by atoms with Gasteiger partial charge < -0.3 is 20.7 Å². The zero-order valence-electron chi connectivity index (χ0n) is 20.6. The molecule has 8 nitrogen and oxygen atoms in total. The molecule has 0 saturated heterocycles. The molecule has 0 saturated carbocycles. The molecule has 2 aromatic heterocycles. The van der Waals surface area contributed by atoms with Crippen molar-refractivity contribution in [2.24, 2.45) is 0 Å². The molecule has 38 heavy (non-hydrogen) atoms. The Morgan fingerprint density at radius 1 is 0.763 bits per heavy atom. The van der Waals surface area contributed by atoms with Crippen LogP contribution in [0.1, 0.15) is 11.1 Å². The first kappa shape index (κ1) is 23.2. The van der Waals surface area contributed by atoms with Crippen LogP contribution >= 0.6 is 0 Å². The Bertz CT molecular complexity index is 1630. The first-order chi connectivity index (χ1) is 18.7. The summed E-state index contributed by atoms with van der Waals surface area (Å²) < 4.78 is 6.04. The highest BCUT2D eigenvalue weighted by Gasteiger charge is 2.18. The first-order valence-corrected chi connectivity index (χ1v) is 12.2. The summed E-state index contributed by atoms with van der Waals surface area (Å²) in [5.74, 6) is 1.51. The number of fused-ring (bicyclic) bond motifs is 3. The van der Waals surface area contributed by atoms with E-state index in [1.165, 1.54) is 22.3 Å². The minimum Gasteiger partial charge on any atom is -0.438 e. The highest BCUT2D eigenvalue weighted by Crippen LogP contribution is 2.37. The van der Waals surface area contributed by atoms with Gasteiger partial charge in [-0.25, -0.2) is 19.7 Å². The van der Waals surface area contributed by atoms with E-state index in [9.17, 15) is 4.79 Å². The molecule has 1 aliphatic rings. The summed E-state index contributed by atoms with van der Waals surface area (Å²) in [6, 6.07) is 26.7. The van der Waals surface area contributed by atoms with E-state index >= 15 is 0 Å². The zero-order chi connectivity index (χ0) is 25.9. The van der Waals surface area contributed by atoms with Gasteiger partial charge in [-0.3, -0.25) is 0 Å². The number of nitrogens with zero attached hydrogens (tertiary/aromatic N) is 3. The molecule has 2 amide bonds. The van der Waals surface area contributed by atoms with Crippen LogP contribution in [-0.2, 0) is 6.42 Å². The lowest BCUT2D eigenvalue weighted by Crippen LogP contribution is -2.19. The Morgan fingerprint density at radius 3 is 2.39 bits per heavy atom. The van der Waals surface area contributed by atoms with E-state index in [1.807, 2.05) is 24.3 Å². The Morgan fingerprint density at radius 2 is 1.53 bits per heavy atom. The molecule has 0 spiro atoms. The van der Waals surface area contributed by atoms with Crippen molar-refractivity contribution in [3.63, 3.8) is 0 Å². The summed E-state index contributed by atoms with van der Waals surface area (Å²) in [5.41, 5.74) is 7.83. The molecular formula is C30H24N6O2. The number of benzene rings is 3. The standard InChI is InChI=1S/C30H24N6O2/c1-31-29-33-16-14-27(36-29)26-7-4-15-32-28(26)38-23-11-8-21(9-12-23)34-30(37)35-22-10-13-25-20(18-22)17-19-5-2-3-6-24(19)25/h2-16,18H,17H2,1H3,(H,31,33,36)(H2,34,35,37). The first-order valence-electron chi connectivity index (χ1n) is 12.2. The van der Waals surface area contributed by atoms with E-state index in [4.69, 9.17) is 4.74 Å². The SMILES string of the molecule is CNc1nccc(-c2cccnc2Oc2ccc(NC(=O)Nc3ccc4c(c3)Cc3ccccc3-4)cc2)n1. The number of aromatic nitrogens is 3. The number of amides is 2. The van der Waals surface area contributed by atoms with Gasteiger partial charge in [-0.1, -0.05) is 30.3 Å². The summed E-state index contributed by atoms with van der Waals surface area (Å²) in [4.78, 5) is 25.7. The lowest BCUT2D eigenvalue weighted by Gasteiger charge is -2.12. The quantitative estimate of drug-likeness (QED) is 0.239. The summed E-state index contributed by atoms with van der Waals surface area (Å²) in [7, 11) is 1.76. The summed E-state index contributed by atoms with van der Waals surface area (Å²) in [6.07, 6.45) is 4.21. The molecule has 0 aliphatic heterocycles. The third-order valence-corrected chi connectivity index (χ3v) is 6.30. The molecule has 0 unspecified atom stereocenters. The van der Waals surface area contributed by atoms with Gasteiger partial charge in [-0.2, -0.15) is 0 Å². The molecule has 0 atom stereocenters. The van der Waals surface area contributed by atoms with Gasteiger partial charge >= 0.3 is 6.03 Å². The van der Waals surface area contributed by atoms with Gasteiger partial charge in [0.25, 0.3) is 0 Å². The number of pyridine rings is 1. The molecule has 8 heteroatoms. The van der Waals surface area contributed by atoms with Crippen LogP contribution in [0.15, 0.2) is 97.3 Å². The second-order valence-electron chi connectivity index (χ2n) is 8.78. The maximum absolute atomic E-state index is 12.6. The molecule has 1 aliphatic carbocycles. The van der Waals surface area contributed by atoms with Crippen molar-refractivity contribution < 1.29 is 9.53 Å². The van der Waals surface area contributed by atoms with Crippen molar-refractivity contribution in [2.45, 2.75) is 6.42 Å². The summed E-state index contributed by atoms with van der Waals surface area (Å²) in [5, 5.41) is 8.73. The zero-order valence-corrected chi connectivity index (χ0v) is 20.6. The van der Waals surface area contributed by atoms with Crippen molar-refractivity contribution in [2.75, 3.05) is 23.0 Å². The number of carbonyl (C=O) groups is 1. The third kappa shape index (κ3) is 4.75. The largest absolute Gasteiger partial charge is 0.438 e. The van der Waals surface area contributed by atoms with E-state index in [0.717, 1.165) is 17.7 Å². The second kappa shape index (κ2) is 10.0. The van der Waals surface area contributed by atoms with Crippen LogP contribution in [-0.4, -0.2) is 28.0 Å². The smallest absolute Gasteiger partial charge is 0.323 e. The van der Waals surface area contributed by atoms with E-state index < -0.39 is 0 Å². The molecule has 186 valence electrons. The van der Waals surface area contributed by atoms with Crippen LogP contribution in [0.4, 0.5) is 22.1 Å². The number of urea groups is 1. The number of anilines is 3. The molecule has 3 N–H and O–H groups in total. The van der Waals surface area contributed by atoms with Gasteiger partial charge in [0.15, 0.2) is 0 Å². The predicted octanol–water partition coefficient (Wildman–Crippen LogP) is 6.59. The fraction of sp³-hybridized carbons (Fsp3) is 0.0667. The lowest BCUT2D eigenvalue weighted by atomic mass is 10.1. The Kier molecular flexibility index (Phi) is 6.11. The van der Waals surface area contributed by atoms with Crippen LogP contribution in [0, 0.1) is 0 Å². The molecule has 2 heterocycles. The predicted molar refractivity (Wildman–Crippen MR) is 149 cm³/mol. The summed E-state index contributed by atoms with van der Waals surface area (Å²) in [6.45, 7) is 0. The normalized spacial score (nSPS) is 11.3. The molecule has 0 fully saturated rings.